The zero-order valence-electron chi connectivity index (χ0n) is 16.9. The summed E-state index contributed by atoms with van der Waals surface area (Å²) in [5, 5.41) is 26.7. The molecular weight excluding hydrogens is 366 g/mol. The molecule has 2 aromatic rings. The van der Waals surface area contributed by atoms with Gasteiger partial charge in [-0.25, -0.2) is 9.67 Å². The molecule has 0 amide bonds. The molecule has 0 spiro atoms. The van der Waals surface area contributed by atoms with Crippen LogP contribution in [0.1, 0.15) is 80.6 Å². The first kappa shape index (κ1) is 19.4. The van der Waals surface area contributed by atoms with Crippen molar-refractivity contribution in [2.24, 2.45) is 0 Å². The number of ether oxygens (including phenoxy) is 1. The zero-order valence-corrected chi connectivity index (χ0v) is 16.9. The van der Waals surface area contributed by atoms with E-state index in [0.29, 0.717) is 35.0 Å². The molecule has 1 aliphatic carbocycles. The predicted molar refractivity (Wildman–Crippen MR) is 111 cm³/mol. The molecule has 1 saturated heterocycles. The monoisotopic (exact) mass is 393 g/mol. The molecule has 1 atom stereocenters. The Hall–Kier alpha value is -2.92. The van der Waals surface area contributed by atoms with Crippen molar-refractivity contribution in [2.45, 2.75) is 64.1 Å². The van der Waals surface area contributed by atoms with Crippen molar-refractivity contribution in [3.05, 3.63) is 34.8 Å². The van der Waals surface area contributed by atoms with Gasteiger partial charge in [0.25, 0.3) is 0 Å². The molecule has 0 bridgehead atoms. The van der Waals surface area contributed by atoms with Crippen LogP contribution in [0.15, 0.2) is 12.3 Å². The summed E-state index contributed by atoms with van der Waals surface area (Å²) in [6.07, 6.45) is 6.52. The van der Waals surface area contributed by atoms with Gasteiger partial charge < -0.3 is 15.8 Å². The molecule has 4 N–H and O–H groups in total. The Morgan fingerprint density at radius 3 is 2.79 bits per heavy atom. The lowest BCUT2D eigenvalue weighted by molar-refractivity contribution is -0.0399. The van der Waals surface area contributed by atoms with Crippen LogP contribution in [0.4, 0.5) is 11.5 Å². The number of nitrogen functional groups attached to an aromatic ring is 1. The Morgan fingerprint density at radius 1 is 1.38 bits per heavy atom. The SMILES string of the molecule is CC(C)Nc1c(C#N)cnc(N)c1C(=N)c1cc(C2CC2)nn1C1CCCCO1. The molecule has 8 nitrogen and oxygen atoms in total. The smallest absolute Gasteiger partial charge is 0.150 e. The molecule has 29 heavy (non-hydrogen) atoms. The summed E-state index contributed by atoms with van der Waals surface area (Å²) in [4.78, 5) is 4.17. The molecule has 1 saturated carbocycles. The van der Waals surface area contributed by atoms with Crippen LogP contribution in [0, 0.1) is 16.7 Å². The highest BCUT2D eigenvalue weighted by Crippen LogP contribution is 2.41. The van der Waals surface area contributed by atoms with Crippen molar-refractivity contribution in [1.29, 1.82) is 10.7 Å². The number of nitrogens with zero attached hydrogens (tertiary/aromatic N) is 4. The lowest BCUT2D eigenvalue weighted by atomic mass is 10.0. The molecular formula is C21H27N7O. The number of hydrogen-bond donors (Lipinski definition) is 3. The lowest BCUT2D eigenvalue weighted by Gasteiger charge is -2.25. The van der Waals surface area contributed by atoms with Gasteiger partial charge in [0.1, 0.15) is 11.9 Å². The van der Waals surface area contributed by atoms with Crippen LogP contribution >= 0.6 is 0 Å². The maximum Gasteiger partial charge on any atom is 0.150 e. The van der Waals surface area contributed by atoms with Crippen LogP contribution in [-0.2, 0) is 4.74 Å². The fourth-order valence-corrected chi connectivity index (χ4v) is 3.75. The molecule has 0 radical (unpaired) electrons. The van der Waals surface area contributed by atoms with Gasteiger partial charge in [-0.3, -0.25) is 5.41 Å². The molecule has 2 fully saturated rings. The molecule has 2 aromatic heterocycles. The average molecular weight is 393 g/mol. The van der Waals surface area contributed by atoms with Gasteiger partial charge in [0.05, 0.1) is 33.9 Å². The number of hydrogen-bond acceptors (Lipinski definition) is 7. The normalized spacial score (nSPS) is 19.2. The third-order valence-electron chi connectivity index (χ3n) is 5.35. The van der Waals surface area contributed by atoms with Crippen LogP contribution in [0.5, 0.6) is 0 Å². The minimum atomic E-state index is -0.179. The number of nitrogens with one attached hydrogen (secondary N) is 2. The summed E-state index contributed by atoms with van der Waals surface area (Å²) in [7, 11) is 0. The van der Waals surface area contributed by atoms with E-state index in [9.17, 15) is 5.26 Å². The van der Waals surface area contributed by atoms with Crippen molar-refractivity contribution in [3.63, 3.8) is 0 Å². The number of nitriles is 1. The van der Waals surface area contributed by atoms with Gasteiger partial charge in [-0.1, -0.05) is 0 Å². The third kappa shape index (κ3) is 3.83. The number of pyridine rings is 1. The van der Waals surface area contributed by atoms with E-state index in [-0.39, 0.29) is 23.8 Å². The minimum Gasteiger partial charge on any atom is -0.383 e. The number of aromatic nitrogens is 3. The number of anilines is 2. The topological polar surface area (TPSA) is 126 Å². The largest absolute Gasteiger partial charge is 0.383 e. The molecule has 2 aliphatic rings. The molecule has 1 aliphatic heterocycles. The zero-order chi connectivity index (χ0) is 20.5. The molecule has 152 valence electrons. The van der Waals surface area contributed by atoms with E-state index < -0.39 is 0 Å². The second-order valence-corrected chi connectivity index (χ2v) is 8.09. The minimum absolute atomic E-state index is 0.0732. The van der Waals surface area contributed by atoms with Crippen LogP contribution in [-0.4, -0.2) is 33.1 Å². The quantitative estimate of drug-likeness (QED) is 0.644. The summed E-state index contributed by atoms with van der Waals surface area (Å²) in [6.45, 7) is 4.66. The van der Waals surface area contributed by atoms with Crippen LogP contribution < -0.4 is 11.1 Å². The third-order valence-corrected chi connectivity index (χ3v) is 5.35. The summed E-state index contributed by atoms with van der Waals surface area (Å²) >= 11 is 0. The highest BCUT2D eigenvalue weighted by atomic mass is 16.5. The van der Waals surface area contributed by atoms with Gasteiger partial charge in [-0.15, -0.1) is 0 Å². The van der Waals surface area contributed by atoms with Crippen LogP contribution in [0.25, 0.3) is 0 Å². The number of nitrogens with two attached hydrogens (primary N) is 1. The van der Waals surface area contributed by atoms with Crippen molar-refractivity contribution in [1.82, 2.24) is 14.8 Å². The fraction of sp³-hybridized carbons (Fsp3) is 0.524. The Kier molecular flexibility index (Phi) is 5.24. The van der Waals surface area contributed by atoms with E-state index in [1.807, 2.05) is 24.6 Å². The Labute approximate surface area is 170 Å². The average Bonchev–Trinajstić information content (AvgIpc) is 3.46. The van der Waals surface area contributed by atoms with Crippen molar-refractivity contribution >= 4 is 17.2 Å². The molecule has 1 unspecified atom stereocenters. The lowest BCUT2D eigenvalue weighted by Crippen LogP contribution is -2.24. The first-order valence-corrected chi connectivity index (χ1v) is 10.2. The fourth-order valence-electron chi connectivity index (χ4n) is 3.75. The van der Waals surface area contributed by atoms with Crippen molar-refractivity contribution in [3.8, 4) is 6.07 Å². The van der Waals surface area contributed by atoms with E-state index in [2.05, 4.69) is 16.4 Å². The summed E-state index contributed by atoms with van der Waals surface area (Å²) in [5.74, 6) is 0.683. The van der Waals surface area contributed by atoms with Gasteiger partial charge in [0.15, 0.2) is 6.23 Å². The van der Waals surface area contributed by atoms with Crippen LogP contribution in [0.2, 0.25) is 0 Å². The maximum atomic E-state index is 9.56. The Balaban J connectivity index is 1.81. The second kappa shape index (κ2) is 7.84. The first-order valence-electron chi connectivity index (χ1n) is 10.2. The molecule has 8 heteroatoms. The van der Waals surface area contributed by atoms with E-state index >= 15 is 0 Å². The van der Waals surface area contributed by atoms with Gasteiger partial charge in [0, 0.05) is 24.8 Å². The Morgan fingerprint density at radius 2 is 2.17 bits per heavy atom. The maximum absolute atomic E-state index is 9.56. The van der Waals surface area contributed by atoms with Gasteiger partial charge in [0.2, 0.25) is 0 Å². The molecule has 4 rings (SSSR count). The second-order valence-electron chi connectivity index (χ2n) is 8.09. The predicted octanol–water partition coefficient (Wildman–Crippen LogP) is 3.54. The standard InChI is InChI=1S/C21H27N7O/c1-12(2)26-20-14(10-22)11-25-21(24)18(20)19(23)16-9-15(13-6-7-13)27-28(16)17-5-3-4-8-29-17/h9,11-13,17,23H,3-8H2,1-2H3,(H3,24,25,26). The van der Waals surface area contributed by atoms with Crippen LogP contribution in [0.3, 0.4) is 0 Å². The van der Waals surface area contributed by atoms with Crippen molar-refractivity contribution in [2.75, 3.05) is 17.7 Å². The van der Waals surface area contributed by atoms with E-state index in [1.165, 1.54) is 6.20 Å². The number of rotatable bonds is 6. The summed E-state index contributed by atoms with van der Waals surface area (Å²) in [5.41, 5.74) is 9.44. The summed E-state index contributed by atoms with van der Waals surface area (Å²) in [6, 6.07) is 4.22. The Bertz CT molecular complexity index is 962. The van der Waals surface area contributed by atoms with Gasteiger partial charge in [-0.2, -0.15) is 10.4 Å². The molecule has 0 aromatic carbocycles. The van der Waals surface area contributed by atoms with Gasteiger partial charge >= 0.3 is 0 Å². The molecule has 3 heterocycles. The van der Waals surface area contributed by atoms with E-state index in [4.69, 9.17) is 21.0 Å². The summed E-state index contributed by atoms with van der Waals surface area (Å²) < 4.78 is 7.80. The van der Waals surface area contributed by atoms with E-state index in [0.717, 1.165) is 37.8 Å². The van der Waals surface area contributed by atoms with Gasteiger partial charge in [-0.05, 0) is 52.0 Å². The van der Waals surface area contributed by atoms with Crippen molar-refractivity contribution < 1.29 is 4.74 Å². The van der Waals surface area contributed by atoms with E-state index in [1.54, 1.807) is 0 Å². The highest BCUT2D eigenvalue weighted by molar-refractivity contribution is 6.16. The first-order chi connectivity index (χ1) is 14.0. The highest BCUT2D eigenvalue weighted by Gasteiger charge is 2.32.